The van der Waals surface area contributed by atoms with Crippen molar-refractivity contribution in [1.29, 1.82) is 0 Å². The molecular weight excluding hydrogens is 316 g/mol. The number of nitrogens with two attached hydrogens (primary N) is 2. The van der Waals surface area contributed by atoms with E-state index in [9.17, 15) is 0 Å². The van der Waals surface area contributed by atoms with E-state index in [2.05, 4.69) is 67.6 Å². The first-order valence-electron chi connectivity index (χ1n) is 10.1. The van der Waals surface area contributed by atoms with Crippen molar-refractivity contribution in [2.75, 3.05) is 0 Å². The Labute approximate surface area is 158 Å². The summed E-state index contributed by atoms with van der Waals surface area (Å²) in [5, 5.41) is 0. The minimum atomic E-state index is -0.146. The van der Waals surface area contributed by atoms with Crippen LogP contribution in [0.2, 0.25) is 0 Å². The maximum atomic E-state index is 7.14. The fourth-order valence-corrected chi connectivity index (χ4v) is 5.85. The lowest BCUT2D eigenvalue weighted by molar-refractivity contribution is 0.148. The van der Waals surface area contributed by atoms with Crippen LogP contribution in [0.1, 0.15) is 62.5 Å². The van der Waals surface area contributed by atoms with Crippen molar-refractivity contribution in [2.45, 2.75) is 68.9 Å². The summed E-state index contributed by atoms with van der Waals surface area (Å²) < 4.78 is 0. The first-order chi connectivity index (χ1) is 12.5. The zero-order valence-corrected chi connectivity index (χ0v) is 16.0. The van der Waals surface area contributed by atoms with Gasteiger partial charge in [-0.1, -0.05) is 74.0 Å². The molecule has 2 aromatic carbocycles. The van der Waals surface area contributed by atoms with Crippen LogP contribution >= 0.6 is 0 Å². The van der Waals surface area contributed by atoms with Crippen molar-refractivity contribution in [1.82, 2.24) is 0 Å². The van der Waals surface area contributed by atoms with Crippen molar-refractivity contribution in [3.05, 3.63) is 71.8 Å². The lowest BCUT2D eigenvalue weighted by Gasteiger charge is -2.43. The van der Waals surface area contributed by atoms with E-state index >= 15 is 0 Å². The molecule has 138 valence electrons. The topological polar surface area (TPSA) is 52.0 Å². The van der Waals surface area contributed by atoms with Gasteiger partial charge in [-0.2, -0.15) is 0 Å². The van der Waals surface area contributed by atoms with Crippen LogP contribution < -0.4 is 11.5 Å². The first kappa shape index (κ1) is 17.8. The predicted molar refractivity (Wildman–Crippen MR) is 109 cm³/mol. The minimum Gasteiger partial charge on any atom is -0.325 e. The van der Waals surface area contributed by atoms with Crippen LogP contribution in [-0.2, 0) is 6.42 Å². The number of hydrogen-bond acceptors (Lipinski definition) is 2. The van der Waals surface area contributed by atoms with Gasteiger partial charge in [0.25, 0.3) is 0 Å². The van der Waals surface area contributed by atoms with Crippen LogP contribution in [0.15, 0.2) is 60.7 Å². The van der Waals surface area contributed by atoms with Gasteiger partial charge in [0.2, 0.25) is 0 Å². The van der Waals surface area contributed by atoms with Crippen LogP contribution in [0.4, 0.5) is 0 Å². The summed E-state index contributed by atoms with van der Waals surface area (Å²) in [5.41, 5.74) is 16.8. The summed E-state index contributed by atoms with van der Waals surface area (Å²) in [6.45, 7) is 2.30. The summed E-state index contributed by atoms with van der Waals surface area (Å²) in [5.74, 6) is 0.365. The summed E-state index contributed by atoms with van der Waals surface area (Å²) in [7, 11) is 0. The number of benzene rings is 2. The van der Waals surface area contributed by atoms with Crippen molar-refractivity contribution < 1.29 is 0 Å². The summed E-state index contributed by atoms with van der Waals surface area (Å²) in [6.07, 6.45) is 7.87. The van der Waals surface area contributed by atoms with Crippen LogP contribution in [0.3, 0.4) is 0 Å². The van der Waals surface area contributed by atoms with E-state index in [0.29, 0.717) is 5.92 Å². The summed E-state index contributed by atoms with van der Waals surface area (Å²) in [4.78, 5) is 0. The van der Waals surface area contributed by atoms with Gasteiger partial charge in [0.1, 0.15) is 0 Å². The van der Waals surface area contributed by atoms with Crippen LogP contribution in [-0.4, -0.2) is 11.1 Å². The van der Waals surface area contributed by atoms with Gasteiger partial charge >= 0.3 is 0 Å². The highest BCUT2D eigenvalue weighted by Crippen LogP contribution is 2.60. The third-order valence-electron chi connectivity index (χ3n) is 7.60. The van der Waals surface area contributed by atoms with E-state index in [1.165, 1.54) is 30.4 Å². The Hall–Kier alpha value is -1.64. The molecule has 0 radical (unpaired) electrons. The summed E-state index contributed by atoms with van der Waals surface area (Å²) in [6, 6.07) is 21.5. The molecule has 1 spiro atoms. The Kier molecular flexibility index (Phi) is 4.45. The van der Waals surface area contributed by atoms with Gasteiger partial charge in [0.05, 0.1) is 0 Å². The molecule has 4 N–H and O–H groups in total. The smallest absolute Gasteiger partial charge is 0.0252 e. The lowest BCUT2D eigenvalue weighted by Crippen LogP contribution is -2.54. The molecule has 4 atom stereocenters. The molecular formula is C24H32N2. The predicted octanol–water partition coefficient (Wildman–Crippen LogP) is 4.78. The molecule has 2 nitrogen and oxygen atoms in total. The molecule has 0 saturated heterocycles. The Morgan fingerprint density at radius 1 is 0.846 bits per heavy atom. The standard InChI is InChI=1S/C24H32N2/c1-19(21-11-6-3-7-12-21)23(25)16-15-22(18-23)13-8-14-24(22,26)17-20-9-4-2-5-10-20/h2-7,9-12,19H,8,13-18,25-26H2,1H3/t19-,22?,23?,24?/m1/s1. The molecule has 3 unspecified atom stereocenters. The third-order valence-corrected chi connectivity index (χ3v) is 7.60. The second-order valence-corrected chi connectivity index (χ2v) is 8.99. The molecule has 0 bridgehead atoms. The first-order valence-corrected chi connectivity index (χ1v) is 10.1. The fraction of sp³-hybridized carbons (Fsp3) is 0.500. The van der Waals surface area contributed by atoms with Gasteiger partial charge in [-0.3, -0.25) is 0 Å². The van der Waals surface area contributed by atoms with Crippen LogP contribution in [0.25, 0.3) is 0 Å². The molecule has 2 aliphatic carbocycles. The molecule has 0 aromatic heterocycles. The normalized spacial score (nSPS) is 35.0. The van der Waals surface area contributed by atoms with E-state index in [4.69, 9.17) is 11.5 Å². The zero-order valence-electron chi connectivity index (χ0n) is 16.0. The summed E-state index contributed by atoms with van der Waals surface area (Å²) >= 11 is 0. The van der Waals surface area contributed by atoms with Gasteiger partial charge in [-0.15, -0.1) is 0 Å². The van der Waals surface area contributed by atoms with E-state index in [-0.39, 0.29) is 16.5 Å². The lowest BCUT2D eigenvalue weighted by atomic mass is 9.66. The molecule has 0 heterocycles. The van der Waals surface area contributed by atoms with Crippen molar-refractivity contribution in [2.24, 2.45) is 16.9 Å². The SMILES string of the molecule is C[C@H](c1ccccc1)C1(N)CCC2(CCCC2(N)Cc2ccccc2)C1. The highest BCUT2D eigenvalue weighted by molar-refractivity contribution is 5.28. The minimum absolute atomic E-state index is 0.119. The molecule has 2 saturated carbocycles. The molecule has 2 aliphatic rings. The molecule has 4 rings (SSSR count). The maximum Gasteiger partial charge on any atom is 0.0252 e. The van der Waals surface area contributed by atoms with E-state index in [1.807, 2.05) is 0 Å². The van der Waals surface area contributed by atoms with Crippen molar-refractivity contribution >= 4 is 0 Å². The van der Waals surface area contributed by atoms with E-state index in [1.54, 1.807) is 0 Å². The van der Waals surface area contributed by atoms with Gasteiger partial charge in [-0.05, 0) is 61.0 Å². The molecule has 2 fully saturated rings. The highest BCUT2D eigenvalue weighted by atomic mass is 14.9. The number of rotatable bonds is 4. The second-order valence-electron chi connectivity index (χ2n) is 8.99. The highest BCUT2D eigenvalue weighted by Gasteiger charge is 2.59. The molecule has 2 heteroatoms. The second kappa shape index (κ2) is 6.51. The largest absolute Gasteiger partial charge is 0.325 e. The number of hydrogen-bond donors (Lipinski definition) is 2. The van der Waals surface area contributed by atoms with Crippen LogP contribution in [0.5, 0.6) is 0 Å². The average Bonchev–Trinajstić information content (AvgIpc) is 3.17. The Morgan fingerprint density at radius 2 is 1.50 bits per heavy atom. The van der Waals surface area contributed by atoms with Gasteiger partial charge in [0, 0.05) is 11.1 Å². The van der Waals surface area contributed by atoms with Crippen molar-refractivity contribution in [3.8, 4) is 0 Å². The molecule has 0 aliphatic heterocycles. The van der Waals surface area contributed by atoms with Gasteiger partial charge in [-0.25, -0.2) is 0 Å². The van der Waals surface area contributed by atoms with Gasteiger partial charge < -0.3 is 11.5 Å². The van der Waals surface area contributed by atoms with Crippen LogP contribution in [0, 0.1) is 5.41 Å². The zero-order chi connectivity index (χ0) is 18.3. The van der Waals surface area contributed by atoms with E-state index < -0.39 is 0 Å². The molecule has 26 heavy (non-hydrogen) atoms. The molecule has 0 amide bonds. The Balaban J connectivity index is 1.59. The monoisotopic (exact) mass is 348 g/mol. The maximum absolute atomic E-state index is 7.14. The van der Waals surface area contributed by atoms with Gasteiger partial charge in [0.15, 0.2) is 0 Å². The third kappa shape index (κ3) is 2.90. The fourth-order valence-electron chi connectivity index (χ4n) is 5.85. The Morgan fingerprint density at radius 3 is 2.19 bits per heavy atom. The Bertz CT molecular complexity index is 743. The van der Waals surface area contributed by atoms with E-state index in [0.717, 1.165) is 25.7 Å². The van der Waals surface area contributed by atoms with Crippen molar-refractivity contribution in [3.63, 3.8) is 0 Å². The average molecular weight is 349 g/mol. The quantitative estimate of drug-likeness (QED) is 0.835. The molecule has 2 aromatic rings.